The molecule has 0 spiro atoms. The second-order valence-corrected chi connectivity index (χ2v) is 9.07. The number of hydrogen-bond donors (Lipinski definition) is 1. The average molecular weight is 410 g/mol. The van der Waals surface area contributed by atoms with Gasteiger partial charge in [-0.25, -0.2) is 4.39 Å². The van der Waals surface area contributed by atoms with Gasteiger partial charge in [0.1, 0.15) is 11.6 Å². The molecule has 0 unspecified atom stereocenters. The molecule has 1 atom stereocenters. The normalized spacial score (nSPS) is 20.0. The molecule has 1 aromatic carbocycles. The summed E-state index contributed by atoms with van der Waals surface area (Å²) < 4.78 is 19.5. The highest BCUT2D eigenvalue weighted by Gasteiger charge is 2.31. The number of halogens is 1. The highest BCUT2D eigenvalue weighted by molar-refractivity contribution is 5.90. The Balaban J connectivity index is 1.27. The monoisotopic (exact) mass is 409 g/mol. The summed E-state index contributed by atoms with van der Waals surface area (Å²) in [5.41, 5.74) is 5.18. The van der Waals surface area contributed by atoms with Gasteiger partial charge in [-0.05, 0) is 68.7 Å². The van der Waals surface area contributed by atoms with Crippen molar-refractivity contribution in [3.8, 4) is 0 Å². The molecule has 2 aliphatic rings. The number of fused-ring (bicyclic) bond motifs is 2. The number of aromatic nitrogens is 2. The number of carbonyl (C=O) groups is 1. The lowest BCUT2D eigenvalue weighted by molar-refractivity contribution is -0.131. The van der Waals surface area contributed by atoms with Gasteiger partial charge in [-0.1, -0.05) is 12.1 Å². The van der Waals surface area contributed by atoms with Gasteiger partial charge in [0.2, 0.25) is 5.91 Å². The van der Waals surface area contributed by atoms with E-state index in [1.807, 2.05) is 11.8 Å². The standard InChI is InChI=1S/C24H28FN3O2/c1-14-3-5-22-20(11-14)24(30-27-22)16-7-9-28(10-8-16)23(29)13-18-15(2)26-21-6-4-17(25)12-19(18)21/h4,6,12,14,16,26H,3,5,7-11,13H2,1-2H3/t14-/m1/s1. The molecule has 5 rings (SSSR count). The fourth-order valence-electron chi connectivity index (χ4n) is 5.16. The van der Waals surface area contributed by atoms with Gasteiger partial charge in [-0.3, -0.25) is 4.79 Å². The van der Waals surface area contributed by atoms with Crippen molar-refractivity contribution in [1.29, 1.82) is 0 Å². The molecule has 1 aliphatic carbocycles. The molecule has 30 heavy (non-hydrogen) atoms. The Morgan fingerprint density at radius 2 is 2.10 bits per heavy atom. The summed E-state index contributed by atoms with van der Waals surface area (Å²) in [6, 6.07) is 4.69. The van der Waals surface area contributed by atoms with E-state index in [-0.39, 0.29) is 11.7 Å². The molecule has 3 aromatic rings. The fraction of sp³-hybridized carbons (Fsp3) is 0.500. The highest BCUT2D eigenvalue weighted by atomic mass is 19.1. The van der Waals surface area contributed by atoms with Gasteiger partial charge in [-0.2, -0.15) is 0 Å². The van der Waals surface area contributed by atoms with Gasteiger partial charge in [0.25, 0.3) is 0 Å². The third-order valence-electron chi connectivity index (χ3n) is 6.95. The molecule has 1 fully saturated rings. The largest absolute Gasteiger partial charge is 0.361 e. The van der Waals surface area contributed by atoms with Crippen LogP contribution in [-0.2, 0) is 24.1 Å². The Morgan fingerprint density at radius 1 is 1.30 bits per heavy atom. The van der Waals surface area contributed by atoms with Gasteiger partial charge in [0.05, 0.1) is 12.1 Å². The van der Waals surface area contributed by atoms with E-state index in [9.17, 15) is 9.18 Å². The van der Waals surface area contributed by atoms with Crippen LogP contribution in [0.4, 0.5) is 4.39 Å². The Bertz CT molecular complexity index is 1090. The quantitative estimate of drug-likeness (QED) is 0.683. The lowest BCUT2D eigenvalue weighted by Gasteiger charge is -2.31. The summed E-state index contributed by atoms with van der Waals surface area (Å²) in [4.78, 5) is 18.2. The number of aryl methyl sites for hydroxylation is 2. The summed E-state index contributed by atoms with van der Waals surface area (Å²) in [5.74, 6) is 1.92. The minimum Gasteiger partial charge on any atom is -0.361 e. The summed E-state index contributed by atoms with van der Waals surface area (Å²) in [5, 5.41) is 5.13. The molecule has 3 heterocycles. The van der Waals surface area contributed by atoms with E-state index in [0.717, 1.165) is 72.4 Å². The molecule has 2 aromatic heterocycles. The van der Waals surface area contributed by atoms with Gasteiger partial charge in [0.15, 0.2) is 0 Å². The van der Waals surface area contributed by atoms with Crippen LogP contribution >= 0.6 is 0 Å². The average Bonchev–Trinajstić information content (AvgIpc) is 3.29. The molecule has 0 saturated carbocycles. The second-order valence-electron chi connectivity index (χ2n) is 9.07. The molecular formula is C24H28FN3O2. The Hall–Kier alpha value is -2.63. The molecular weight excluding hydrogens is 381 g/mol. The lowest BCUT2D eigenvalue weighted by Crippen LogP contribution is -2.39. The first-order valence-corrected chi connectivity index (χ1v) is 11.0. The predicted octanol–water partition coefficient (Wildman–Crippen LogP) is 4.68. The first-order chi connectivity index (χ1) is 14.5. The van der Waals surface area contributed by atoms with Crippen molar-refractivity contribution in [1.82, 2.24) is 15.0 Å². The second kappa shape index (κ2) is 7.56. The number of piperidine rings is 1. The first-order valence-electron chi connectivity index (χ1n) is 11.0. The molecule has 6 heteroatoms. The van der Waals surface area contributed by atoms with E-state index in [4.69, 9.17) is 4.52 Å². The molecule has 1 saturated heterocycles. The third kappa shape index (κ3) is 3.42. The van der Waals surface area contributed by atoms with Crippen LogP contribution in [0.1, 0.15) is 60.4 Å². The Morgan fingerprint density at radius 3 is 2.90 bits per heavy atom. The Labute approximate surface area is 175 Å². The van der Waals surface area contributed by atoms with Crippen LogP contribution in [-0.4, -0.2) is 34.0 Å². The molecule has 1 amide bonds. The maximum Gasteiger partial charge on any atom is 0.227 e. The summed E-state index contributed by atoms with van der Waals surface area (Å²) in [7, 11) is 0. The number of carbonyl (C=O) groups excluding carboxylic acids is 1. The zero-order valence-electron chi connectivity index (χ0n) is 17.6. The molecule has 0 bridgehead atoms. The number of benzene rings is 1. The van der Waals surface area contributed by atoms with Crippen molar-refractivity contribution in [3.63, 3.8) is 0 Å². The number of amides is 1. The van der Waals surface area contributed by atoms with Crippen LogP contribution in [0.5, 0.6) is 0 Å². The number of rotatable bonds is 3. The van der Waals surface area contributed by atoms with Crippen LogP contribution in [0.2, 0.25) is 0 Å². The van der Waals surface area contributed by atoms with E-state index in [0.29, 0.717) is 18.3 Å². The van der Waals surface area contributed by atoms with E-state index in [1.54, 1.807) is 6.07 Å². The number of hydrogen-bond acceptors (Lipinski definition) is 3. The van der Waals surface area contributed by atoms with Crippen LogP contribution in [0.15, 0.2) is 22.7 Å². The summed E-state index contributed by atoms with van der Waals surface area (Å²) in [6.07, 6.45) is 5.37. The van der Waals surface area contributed by atoms with Crippen molar-refractivity contribution >= 4 is 16.8 Å². The van der Waals surface area contributed by atoms with Crippen LogP contribution < -0.4 is 0 Å². The summed E-state index contributed by atoms with van der Waals surface area (Å²) >= 11 is 0. The van der Waals surface area contributed by atoms with Crippen molar-refractivity contribution in [2.45, 2.75) is 58.3 Å². The molecule has 158 valence electrons. The van der Waals surface area contributed by atoms with Gasteiger partial charge in [-0.15, -0.1) is 0 Å². The molecule has 0 radical (unpaired) electrons. The zero-order valence-corrected chi connectivity index (χ0v) is 17.6. The van der Waals surface area contributed by atoms with E-state index >= 15 is 0 Å². The lowest BCUT2D eigenvalue weighted by atomic mass is 9.83. The first kappa shape index (κ1) is 19.3. The smallest absolute Gasteiger partial charge is 0.227 e. The van der Waals surface area contributed by atoms with Gasteiger partial charge >= 0.3 is 0 Å². The molecule has 1 N–H and O–H groups in total. The number of aromatic amines is 1. The van der Waals surface area contributed by atoms with Crippen molar-refractivity contribution < 1.29 is 13.7 Å². The number of H-pyrrole nitrogens is 1. The van der Waals surface area contributed by atoms with Crippen LogP contribution in [0.25, 0.3) is 10.9 Å². The van der Waals surface area contributed by atoms with E-state index < -0.39 is 0 Å². The minimum atomic E-state index is -0.277. The molecule has 5 nitrogen and oxygen atoms in total. The van der Waals surface area contributed by atoms with Crippen LogP contribution in [0.3, 0.4) is 0 Å². The third-order valence-corrected chi connectivity index (χ3v) is 6.95. The van der Waals surface area contributed by atoms with E-state index in [1.165, 1.54) is 24.1 Å². The van der Waals surface area contributed by atoms with Gasteiger partial charge < -0.3 is 14.4 Å². The maximum absolute atomic E-state index is 13.7. The predicted molar refractivity (Wildman–Crippen MR) is 113 cm³/mol. The van der Waals surface area contributed by atoms with E-state index in [2.05, 4.69) is 17.1 Å². The summed E-state index contributed by atoms with van der Waals surface area (Å²) in [6.45, 7) is 5.69. The number of nitrogens with zero attached hydrogens (tertiary/aromatic N) is 2. The van der Waals surface area contributed by atoms with Crippen molar-refractivity contribution in [2.75, 3.05) is 13.1 Å². The number of nitrogens with one attached hydrogen (secondary N) is 1. The maximum atomic E-state index is 13.7. The number of likely N-dealkylation sites (tertiary alicyclic amines) is 1. The molecule has 1 aliphatic heterocycles. The fourth-order valence-corrected chi connectivity index (χ4v) is 5.16. The van der Waals surface area contributed by atoms with Crippen LogP contribution in [0, 0.1) is 18.7 Å². The topological polar surface area (TPSA) is 62.1 Å². The van der Waals surface area contributed by atoms with Gasteiger partial charge in [0, 0.05) is 41.2 Å². The van der Waals surface area contributed by atoms with Crippen molar-refractivity contribution in [2.24, 2.45) is 5.92 Å². The van der Waals surface area contributed by atoms with Crippen molar-refractivity contribution in [3.05, 3.63) is 52.3 Å². The Kier molecular flexibility index (Phi) is 4.88. The SMILES string of the molecule is Cc1[nH]c2ccc(F)cc2c1CC(=O)N1CCC(c2onc3c2C[C@H](C)CC3)CC1. The zero-order chi connectivity index (χ0) is 20.8. The highest BCUT2D eigenvalue weighted by Crippen LogP contribution is 2.36. The minimum absolute atomic E-state index is 0.106.